The Morgan fingerprint density at radius 1 is 1.30 bits per heavy atom. The molecule has 0 radical (unpaired) electrons. The highest BCUT2D eigenvalue weighted by Crippen LogP contribution is 2.30. The third-order valence-corrected chi connectivity index (χ3v) is 4.02. The van der Waals surface area contributed by atoms with Crippen molar-refractivity contribution in [2.24, 2.45) is 5.92 Å². The van der Waals surface area contributed by atoms with Crippen molar-refractivity contribution in [3.05, 3.63) is 30.6 Å². The zero-order valence-corrected chi connectivity index (χ0v) is 12.7. The van der Waals surface area contributed by atoms with Crippen LogP contribution in [0.1, 0.15) is 12.8 Å². The second kappa shape index (κ2) is 6.14. The van der Waals surface area contributed by atoms with E-state index < -0.39 is 6.10 Å². The Kier molecular flexibility index (Phi) is 3.85. The summed E-state index contributed by atoms with van der Waals surface area (Å²) < 4.78 is 11.3. The lowest BCUT2D eigenvalue weighted by Crippen LogP contribution is -2.25. The number of rotatable bonds is 7. The molecule has 1 aromatic carbocycles. The van der Waals surface area contributed by atoms with Gasteiger partial charge in [0.25, 0.3) is 0 Å². The van der Waals surface area contributed by atoms with Crippen molar-refractivity contribution in [3.63, 3.8) is 0 Å². The van der Waals surface area contributed by atoms with Gasteiger partial charge in [-0.2, -0.15) is 0 Å². The molecular formula is C17H19N3O3. The SMILES string of the molecule is OC(CNc1ncnc2c1oc1ccccc12)COCC1CC1. The highest BCUT2D eigenvalue weighted by atomic mass is 16.5. The lowest BCUT2D eigenvalue weighted by Gasteiger charge is -2.12. The number of anilines is 1. The molecule has 6 heteroatoms. The highest BCUT2D eigenvalue weighted by molar-refractivity contribution is 6.05. The second-order valence-electron chi connectivity index (χ2n) is 6.01. The smallest absolute Gasteiger partial charge is 0.196 e. The van der Waals surface area contributed by atoms with Crippen LogP contribution in [-0.2, 0) is 4.74 Å². The molecule has 0 aliphatic heterocycles. The fourth-order valence-corrected chi connectivity index (χ4v) is 2.58. The molecule has 6 nitrogen and oxygen atoms in total. The Hall–Kier alpha value is -2.18. The summed E-state index contributed by atoms with van der Waals surface area (Å²) in [6.45, 7) is 1.43. The van der Waals surface area contributed by atoms with Gasteiger partial charge in [0.05, 0.1) is 12.7 Å². The van der Waals surface area contributed by atoms with Crippen LogP contribution in [0.3, 0.4) is 0 Å². The van der Waals surface area contributed by atoms with Gasteiger partial charge in [0.15, 0.2) is 11.4 Å². The normalized spacial score (nSPS) is 16.0. The second-order valence-corrected chi connectivity index (χ2v) is 6.01. The number of aromatic nitrogens is 2. The molecule has 4 rings (SSSR count). The van der Waals surface area contributed by atoms with Gasteiger partial charge in [0.2, 0.25) is 0 Å². The highest BCUT2D eigenvalue weighted by Gasteiger charge is 2.21. The molecule has 23 heavy (non-hydrogen) atoms. The molecule has 1 unspecified atom stereocenters. The Labute approximate surface area is 133 Å². The van der Waals surface area contributed by atoms with E-state index in [1.807, 2.05) is 24.3 Å². The fourth-order valence-electron chi connectivity index (χ4n) is 2.58. The summed E-state index contributed by atoms with van der Waals surface area (Å²) in [5.41, 5.74) is 2.16. The van der Waals surface area contributed by atoms with Crippen LogP contribution in [0.4, 0.5) is 5.82 Å². The van der Waals surface area contributed by atoms with Crippen molar-refractivity contribution in [3.8, 4) is 0 Å². The summed E-state index contributed by atoms with van der Waals surface area (Å²) >= 11 is 0. The Bertz CT molecular complexity index is 813. The Morgan fingerprint density at radius 2 is 2.17 bits per heavy atom. The zero-order valence-electron chi connectivity index (χ0n) is 12.7. The quantitative estimate of drug-likeness (QED) is 0.698. The number of ether oxygens (including phenoxy) is 1. The number of furan rings is 1. The topological polar surface area (TPSA) is 80.4 Å². The lowest BCUT2D eigenvalue weighted by molar-refractivity contribution is 0.0386. The van der Waals surface area contributed by atoms with E-state index in [1.54, 1.807) is 0 Å². The van der Waals surface area contributed by atoms with Crippen molar-refractivity contribution >= 4 is 27.9 Å². The molecule has 3 aromatic rings. The summed E-state index contributed by atoms with van der Waals surface area (Å²) in [7, 11) is 0. The van der Waals surface area contributed by atoms with Crippen LogP contribution in [0.25, 0.3) is 22.1 Å². The average molecular weight is 313 g/mol. The summed E-state index contributed by atoms with van der Waals surface area (Å²) in [6.07, 6.45) is 3.42. The molecule has 1 aliphatic carbocycles. The van der Waals surface area contributed by atoms with Crippen LogP contribution in [-0.4, -0.2) is 40.9 Å². The number of fused-ring (bicyclic) bond motifs is 3. The van der Waals surface area contributed by atoms with Gasteiger partial charge in [-0.15, -0.1) is 0 Å². The standard InChI is InChI=1S/C17H19N3O3/c21-12(9-22-8-11-5-6-11)7-18-17-16-15(19-10-20-17)13-3-1-2-4-14(13)23-16/h1-4,10-12,21H,5-9H2,(H,18,19,20). The molecule has 2 N–H and O–H groups in total. The average Bonchev–Trinajstić information content (AvgIpc) is 3.31. The molecule has 2 heterocycles. The number of aliphatic hydroxyl groups is 1. The van der Waals surface area contributed by atoms with Gasteiger partial charge < -0.3 is 19.6 Å². The van der Waals surface area contributed by atoms with Gasteiger partial charge in [-0.1, -0.05) is 12.1 Å². The van der Waals surface area contributed by atoms with E-state index in [4.69, 9.17) is 9.15 Å². The first-order valence-electron chi connectivity index (χ1n) is 7.93. The number of benzene rings is 1. The Morgan fingerprint density at radius 3 is 3.04 bits per heavy atom. The molecule has 1 saturated carbocycles. The Balaban J connectivity index is 1.45. The maximum atomic E-state index is 9.99. The molecule has 0 amide bonds. The summed E-state index contributed by atoms with van der Waals surface area (Å²) in [4.78, 5) is 8.53. The number of para-hydroxylation sites is 1. The van der Waals surface area contributed by atoms with E-state index in [-0.39, 0.29) is 0 Å². The minimum Gasteiger partial charge on any atom is -0.450 e. The first-order valence-corrected chi connectivity index (χ1v) is 7.93. The third-order valence-electron chi connectivity index (χ3n) is 4.02. The molecule has 0 saturated heterocycles. The predicted octanol–water partition coefficient (Wildman–Crippen LogP) is 2.58. The molecule has 0 bridgehead atoms. The molecule has 0 spiro atoms. The lowest BCUT2D eigenvalue weighted by atomic mass is 10.2. The van der Waals surface area contributed by atoms with E-state index >= 15 is 0 Å². The first-order chi connectivity index (χ1) is 11.3. The molecule has 2 aromatic heterocycles. The van der Waals surface area contributed by atoms with Crippen LogP contribution < -0.4 is 5.32 Å². The van der Waals surface area contributed by atoms with E-state index in [0.717, 1.165) is 23.1 Å². The molecule has 1 atom stereocenters. The summed E-state index contributed by atoms with van der Waals surface area (Å²) in [5.74, 6) is 1.29. The van der Waals surface area contributed by atoms with Gasteiger partial charge in [-0.25, -0.2) is 9.97 Å². The molecular weight excluding hydrogens is 294 g/mol. The molecule has 1 aliphatic rings. The zero-order chi connectivity index (χ0) is 15.6. The van der Waals surface area contributed by atoms with Crippen molar-refractivity contribution in [1.29, 1.82) is 0 Å². The van der Waals surface area contributed by atoms with E-state index in [9.17, 15) is 5.11 Å². The van der Waals surface area contributed by atoms with Gasteiger partial charge in [-0.3, -0.25) is 0 Å². The number of nitrogens with zero attached hydrogens (tertiary/aromatic N) is 2. The van der Waals surface area contributed by atoms with Gasteiger partial charge in [0, 0.05) is 18.5 Å². The van der Waals surface area contributed by atoms with E-state index in [2.05, 4.69) is 15.3 Å². The molecule has 1 fully saturated rings. The predicted molar refractivity (Wildman–Crippen MR) is 87.3 cm³/mol. The number of hydrogen-bond donors (Lipinski definition) is 2. The fraction of sp³-hybridized carbons (Fsp3) is 0.412. The first kappa shape index (κ1) is 14.4. The summed E-state index contributed by atoms with van der Waals surface area (Å²) in [5, 5.41) is 14.1. The number of nitrogens with one attached hydrogen (secondary N) is 1. The largest absolute Gasteiger partial charge is 0.450 e. The van der Waals surface area contributed by atoms with Crippen molar-refractivity contribution in [2.75, 3.05) is 25.1 Å². The maximum absolute atomic E-state index is 9.99. The third kappa shape index (κ3) is 3.13. The minimum atomic E-state index is -0.580. The maximum Gasteiger partial charge on any atom is 0.196 e. The number of aliphatic hydroxyl groups excluding tert-OH is 1. The van der Waals surface area contributed by atoms with Gasteiger partial charge >= 0.3 is 0 Å². The van der Waals surface area contributed by atoms with Gasteiger partial charge in [-0.05, 0) is 30.9 Å². The van der Waals surface area contributed by atoms with Crippen molar-refractivity contribution in [2.45, 2.75) is 18.9 Å². The van der Waals surface area contributed by atoms with E-state index in [0.29, 0.717) is 30.5 Å². The van der Waals surface area contributed by atoms with Crippen LogP contribution in [0, 0.1) is 5.92 Å². The molecule has 120 valence electrons. The van der Waals surface area contributed by atoms with Crippen LogP contribution >= 0.6 is 0 Å². The monoisotopic (exact) mass is 313 g/mol. The number of hydrogen-bond acceptors (Lipinski definition) is 6. The van der Waals surface area contributed by atoms with Crippen molar-refractivity contribution < 1.29 is 14.3 Å². The summed E-state index contributed by atoms with van der Waals surface area (Å²) in [6, 6.07) is 7.75. The van der Waals surface area contributed by atoms with Crippen LogP contribution in [0.15, 0.2) is 35.0 Å². The van der Waals surface area contributed by atoms with Crippen LogP contribution in [0.5, 0.6) is 0 Å². The van der Waals surface area contributed by atoms with Gasteiger partial charge in [0.1, 0.15) is 17.4 Å². The van der Waals surface area contributed by atoms with E-state index in [1.165, 1.54) is 19.2 Å². The van der Waals surface area contributed by atoms with Crippen molar-refractivity contribution in [1.82, 2.24) is 9.97 Å². The van der Waals surface area contributed by atoms with Crippen LogP contribution in [0.2, 0.25) is 0 Å². The minimum absolute atomic E-state index is 0.331.